The van der Waals surface area contributed by atoms with E-state index >= 15 is 0 Å². The number of aryl methyl sites for hydroxylation is 2. The Morgan fingerprint density at radius 1 is 1.12 bits per heavy atom. The van der Waals surface area contributed by atoms with Gasteiger partial charge in [-0.2, -0.15) is 0 Å². The van der Waals surface area contributed by atoms with Crippen molar-refractivity contribution in [2.75, 3.05) is 26.8 Å². The van der Waals surface area contributed by atoms with Crippen molar-refractivity contribution >= 4 is 5.91 Å². The van der Waals surface area contributed by atoms with E-state index in [0.717, 1.165) is 22.6 Å². The van der Waals surface area contributed by atoms with Gasteiger partial charge in [0.15, 0.2) is 24.2 Å². The first-order valence-corrected chi connectivity index (χ1v) is 8.36. The molecular weight excluding hydrogens is 318 g/mol. The van der Waals surface area contributed by atoms with Crippen LogP contribution in [0.3, 0.4) is 0 Å². The minimum atomic E-state index is -0.191. The number of fused-ring (bicyclic) bond motifs is 1. The molecule has 0 fully saturated rings. The van der Waals surface area contributed by atoms with Crippen molar-refractivity contribution < 1.29 is 19.0 Å². The van der Waals surface area contributed by atoms with E-state index in [-0.39, 0.29) is 18.6 Å². The van der Waals surface area contributed by atoms with Crippen LogP contribution < -0.4 is 14.2 Å². The number of likely N-dealkylation sites (N-methyl/N-ethyl adjacent to an activating group) is 1. The number of hydrogen-bond donors (Lipinski definition) is 0. The molecule has 3 rings (SSSR count). The number of benzene rings is 2. The highest BCUT2D eigenvalue weighted by molar-refractivity contribution is 5.77. The summed E-state index contributed by atoms with van der Waals surface area (Å²) >= 11 is 0. The largest absolute Gasteiger partial charge is 0.486 e. The fraction of sp³-hybridized carbons (Fsp3) is 0.350. The Morgan fingerprint density at radius 2 is 1.80 bits per heavy atom. The van der Waals surface area contributed by atoms with E-state index in [4.69, 9.17) is 14.2 Å². The second kappa shape index (κ2) is 7.47. The van der Waals surface area contributed by atoms with Gasteiger partial charge in [-0.25, -0.2) is 0 Å². The summed E-state index contributed by atoms with van der Waals surface area (Å²) in [6.45, 7) is 4.82. The third kappa shape index (κ3) is 4.05. The first kappa shape index (κ1) is 17.1. The van der Waals surface area contributed by atoms with Gasteiger partial charge in [0, 0.05) is 7.05 Å². The predicted octanol–water partition coefficient (Wildman–Crippen LogP) is 2.98. The van der Waals surface area contributed by atoms with Gasteiger partial charge in [0.1, 0.15) is 12.4 Å². The number of amides is 1. The van der Waals surface area contributed by atoms with Crippen LogP contribution in [0.2, 0.25) is 0 Å². The highest BCUT2D eigenvalue weighted by Crippen LogP contribution is 2.31. The van der Waals surface area contributed by atoms with E-state index in [1.54, 1.807) is 11.9 Å². The van der Waals surface area contributed by atoms with Gasteiger partial charge in [0.2, 0.25) is 0 Å². The second-order valence-electron chi connectivity index (χ2n) is 6.28. The molecule has 1 aliphatic heterocycles. The molecule has 0 aromatic heterocycles. The lowest BCUT2D eigenvalue weighted by molar-refractivity contribution is -0.133. The van der Waals surface area contributed by atoms with Crippen molar-refractivity contribution in [3.05, 3.63) is 53.6 Å². The topological polar surface area (TPSA) is 48.0 Å². The SMILES string of the molecule is Cc1cccc(C)c1OCC(=O)N(C)C[C@@H]1COc2ccccc2O1. The molecule has 0 bridgehead atoms. The molecule has 1 heterocycles. The monoisotopic (exact) mass is 341 g/mol. The van der Waals surface area contributed by atoms with Crippen LogP contribution in [0.25, 0.3) is 0 Å². The Bertz CT molecular complexity index is 739. The van der Waals surface area contributed by atoms with Crippen molar-refractivity contribution in [1.82, 2.24) is 4.90 Å². The average Bonchev–Trinajstić information content (AvgIpc) is 2.61. The Balaban J connectivity index is 1.53. The number of hydrogen-bond acceptors (Lipinski definition) is 4. The van der Waals surface area contributed by atoms with Gasteiger partial charge >= 0.3 is 0 Å². The maximum atomic E-state index is 12.4. The molecule has 0 N–H and O–H groups in total. The van der Waals surface area contributed by atoms with Crippen LogP contribution >= 0.6 is 0 Å². The standard InChI is InChI=1S/C20H23NO4/c1-14-7-6-8-15(2)20(14)24-13-19(22)21(3)11-16-12-23-17-9-4-5-10-18(17)25-16/h4-10,16H,11-13H2,1-3H3/t16-/m1/s1. The van der Waals surface area contributed by atoms with E-state index in [9.17, 15) is 4.79 Å². The molecule has 0 aliphatic carbocycles. The van der Waals surface area contributed by atoms with Gasteiger partial charge in [-0.05, 0) is 37.1 Å². The minimum absolute atomic E-state index is 0.00631. The quantitative estimate of drug-likeness (QED) is 0.839. The molecule has 0 unspecified atom stereocenters. The molecular formula is C20H23NO4. The Labute approximate surface area is 148 Å². The summed E-state index contributed by atoms with van der Waals surface area (Å²) in [4.78, 5) is 14.0. The predicted molar refractivity (Wildman–Crippen MR) is 95.4 cm³/mol. The summed E-state index contributed by atoms with van der Waals surface area (Å²) in [5.41, 5.74) is 2.05. The molecule has 1 atom stereocenters. The van der Waals surface area contributed by atoms with Gasteiger partial charge in [0.05, 0.1) is 6.54 Å². The number of ether oxygens (including phenoxy) is 3. The second-order valence-corrected chi connectivity index (χ2v) is 6.28. The highest BCUT2D eigenvalue weighted by atomic mass is 16.6. The van der Waals surface area contributed by atoms with E-state index in [1.807, 2.05) is 56.3 Å². The maximum absolute atomic E-state index is 12.4. The van der Waals surface area contributed by atoms with Crippen LogP contribution in [0.5, 0.6) is 17.2 Å². The average molecular weight is 341 g/mol. The van der Waals surface area contributed by atoms with Gasteiger partial charge in [-0.3, -0.25) is 4.79 Å². The highest BCUT2D eigenvalue weighted by Gasteiger charge is 2.24. The van der Waals surface area contributed by atoms with Crippen molar-refractivity contribution in [3.63, 3.8) is 0 Å². The summed E-state index contributed by atoms with van der Waals surface area (Å²) in [5, 5.41) is 0. The first-order valence-electron chi connectivity index (χ1n) is 8.36. The number of para-hydroxylation sites is 3. The fourth-order valence-electron chi connectivity index (χ4n) is 2.83. The zero-order valence-electron chi connectivity index (χ0n) is 14.8. The molecule has 25 heavy (non-hydrogen) atoms. The molecule has 132 valence electrons. The molecule has 0 radical (unpaired) electrons. The summed E-state index contributed by atoms with van der Waals surface area (Å²) < 4.78 is 17.3. The van der Waals surface area contributed by atoms with Crippen LogP contribution in [-0.4, -0.2) is 43.7 Å². The number of carbonyl (C=O) groups excluding carboxylic acids is 1. The van der Waals surface area contributed by atoms with Crippen molar-refractivity contribution in [1.29, 1.82) is 0 Å². The molecule has 5 heteroatoms. The molecule has 2 aromatic carbocycles. The zero-order chi connectivity index (χ0) is 17.8. The zero-order valence-corrected chi connectivity index (χ0v) is 14.8. The van der Waals surface area contributed by atoms with Gasteiger partial charge < -0.3 is 19.1 Å². The van der Waals surface area contributed by atoms with Crippen LogP contribution in [-0.2, 0) is 4.79 Å². The first-order chi connectivity index (χ1) is 12.0. The summed E-state index contributed by atoms with van der Waals surface area (Å²) in [7, 11) is 1.75. The normalized spacial score (nSPS) is 15.6. The molecule has 5 nitrogen and oxygen atoms in total. The van der Waals surface area contributed by atoms with E-state index in [1.165, 1.54) is 0 Å². The van der Waals surface area contributed by atoms with Gasteiger partial charge in [0.25, 0.3) is 5.91 Å². The number of carbonyl (C=O) groups is 1. The lowest BCUT2D eigenvalue weighted by atomic mass is 10.1. The van der Waals surface area contributed by atoms with Crippen LogP contribution in [0, 0.1) is 13.8 Å². The lowest BCUT2D eigenvalue weighted by Gasteiger charge is -2.29. The van der Waals surface area contributed by atoms with Crippen LogP contribution in [0.4, 0.5) is 0 Å². The maximum Gasteiger partial charge on any atom is 0.260 e. The molecule has 1 aliphatic rings. The number of rotatable bonds is 5. The Hall–Kier alpha value is -2.69. The molecule has 0 spiro atoms. The minimum Gasteiger partial charge on any atom is -0.486 e. The summed E-state index contributed by atoms with van der Waals surface area (Å²) in [5.74, 6) is 2.14. The van der Waals surface area contributed by atoms with E-state index in [2.05, 4.69) is 0 Å². The van der Waals surface area contributed by atoms with Crippen molar-refractivity contribution in [2.45, 2.75) is 20.0 Å². The Kier molecular flexibility index (Phi) is 5.12. The van der Waals surface area contributed by atoms with Crippen LogP contribution in [0.15, 0.2) is 42.5 Å². The third-order valence-corrected chi connectivity index (χ3v) is 4.22. The van der Waals surface area contributed by atoms with Gasteiger partial charge in [-0.1, -0.05) is 30.3 Å². The summed E-state index contributed by atoms with van der Waals surface area (Å²) in [6.07, 6.45) is -0.191. The van der Waals surface area contributed by atoms with E-state index in [0.29, 0.717) is 18.9 Å². The van der Waals surface area contributed by atoms with E-state index < -0.39 is 0 Å². The van der Waals surface area contributed by atoms with Gasteiger partial charge in [-0.15, -0.1) is 0 Å². The van der Waals surface area contributed by atoms with Crippen molar-refractivity contribution in [2.24, 2.45) is 0 Å². The fourth-order valence-corrected chi connectivity index (χ4v) is 2.83. The molecule has 2 aromatic rings. The number of nitrogens with zero attached hydrogens (tertiary/aromatic N) is 1. The lowest BCUT2D eigenvalue weighted by Crippen LogP contribution is -2.43. The van der Waals surface area contributed by atoms with Crippen molar-refractivity contribution in [3.8, 4) is 17.2 Å². The van der Waals surface area contributed by atoms with Crippen LogP contribution in [0.1, 0.15) is 11.1 Å². The Morgan fingerprint density at radius 3 is 2.52 bits per heavy atom. The molecule has 0 saturated carbocycles. The smallest absolute Gasteiger partial charge is 0.260 e. The molecule has 0 saturated heterocycles. The molecule has 1 amide bonds. The summed E-state index contributed by atoms with van der Waals surface area (Å²) in [6, 6.07) is 13.5. The third-order valence-electron chi connectivity index (χ3n) is 4.22.